The van der Waals surface area contributed by atoms with Crippen LogP contribution in [0.15, 0.2) is 21.9 Å². The van der Waals surface area contributed by atoms with Gasteiger partial charge in [-0.2, -0.15) is 10.2 Å². The second kappa shape index (κ2) is 10.1. The number of hydrogen-bond acceptors (Lipinski definition) is 2. The summed E-state index contributed by atoms with van der Waals surface area (Å²) in [7, 11) is 0. The maximum Gasteiger partial charge on any atom is 0.0338 e. The van der Waals surface area contributed by atoms with Crippen molar-refractivity contribution in [3.05, 3.63) is 11.6 Å². The highest BCUT2D eigenvalue weighted by molar-refractivity contribution is 5.64. The molecule has 0 aromatic rings. The number of nitrogens with zero attached hydrogens (tertiary/aromatic N) is 2. The highest BCUT2D eigenvalue weighted by atomic mass is 15.2. The largest absolute Gasteiger partial charge is 0.167 e. The molecule has 0 aliphatic rings. The second-order valence-electron chi connectivity index (χ2n) is 2.23. The maximum atomic E-state index is 3.69. The van der Waals surface area contributed by atoms with Gasteiger partial charge in [-0.1, -0.05) is 32.4 Å². The van der Waals surface area contributed by atoms with Crippen molar-refractivity contribution in [3.8, 4) is 0 Å². The molecular formula is C10H20N2. The first-order valence-electron chi connectivity index (χ1n) is 4.34. The van der Waals surface area contributed by atoms with Gasteiger partial charge in [0.25, 0.3) is 0 Å². The Bertz CT molecular complexity index is 157. The Morgan fingerprint density at radius 3 is 2.25 bits per heavy atom. The smallest absolute Gasteiger partial charge is 0.0338 e. The summed E-state index contributed by atoms with van der Waals surface area (Å²) in [5.74, 6) is 0.371. The average molecular weight is 168 g/mol. The van der Waals surface area contributed by atoms with Crippen LogP contribution in [0.2, 0.25) is 0 Å². The van der Waals surface area contributed by atoms with Crippen LogP contribution >= 0.6 is 0 Å². The lowest BCUT2D eigenvalue weighted by molar-refractivity contribution is 0.923. The zero-order chi connectivity index (χ0) is 9.98. The molecule has 0 saturated carbocycles. The molecule has 0 heterocycles. The predicted molar refractivity (Wildman–Crippen MR) is 58.0 cm³/mol. The predicted octanol–water partition coefficient (Wildman–Crippen LogP) is 3.30. The van der Waals surface area contributed by atoms with E-state index >= 15 is 0 Å². The van der Waals surface area contributed by atoms with E-state index in [1.807, 2.05) is 20.8 Å². The molecule has 0 rings (SSSR count). The van der Waals surface area contributed by atoms with Gasteiger partial charge in [-0.05, 0) is 13.8 Å². The second-order valence-corrected chi connectivity index (χ2v) is 2.23. The SMILES string of the molecule is C=N/N=C\C(C)/C(C)=C\C.CC. The van der Waals surface area contributed by atoms with Crippen molar-refractivity contribution in [3.63, 3.8) is 0 Å². The topological polar surface area (TPSA) is 24.7 Å². The third-order valence-electron chi connectivity index (χ3n) is 1.55. The molecule has 2 nitrogen and oxygen atoms in total. The van der Waals surface area contributed by atoms with E-state index in [9.17, 15) is 0 Å². The summed E-state index contributed by atoms with van der Waals surface area (Å²) < 4.78 is 0. The van der Waals surface area contributed by atoms with Crippen molar-refractivity contribution >= 4 is 12.9 Å². The number of hydrogen-bond donors (Lipinski definition) is 0. The van der Waals surface area contributed by atoms with Crippen LogP contribution in [0.4, 0.5) is 0 Å². The van der Waals surface area contributed by atoms with Gasteiger partial charge in [0.1, 0.15) is 0 Å². The molecule has 1 unspecified atom stereocenters. The van der Waals surface area contributed by atoms with Gasteiger partial charge < -0.3 is 0 Å². The molecule has 0 aliphatic carbocycles. The molecule has 0 radical (unpaired) electrons. The Balaban J connectivity index is 0. The average Bonchev–Trinajstić information content (AvgIpc) is 2.16. The van der Waals surface area contributed by atoms with Crippen molar-refractivity contribution in [2.45, 2.75) is 34.6 Å². The first kappa shape index (κ1) is 13.7. The van der Waals surface area contributed by atoms with Gasteiger partial charge in [-0.25, -0.2) is 0 Å². The molecule has 0 bridgehead atoms. The van der Waals surface area contributed by atoms with Gasteiger partial charge in [0, 0.05) is 18.9 Å². The molecule has 0 aromatic carbocycles. The zero-order valence-electron chi connectivity index (χ0n) is 8.83. The Hall–Kier alpha value is -0.920. The van der Waals surface area contributed by atoms with Crippen LogP contribution in [0.3, 0.4) is 0 Å². The van der Waals surface area contributed by atoms with Crippen molar-refractivity contribution in [2.75, 3.05) is 0 Å². The molecule has 0 saturated heterocycles. The summed E-state index contributed by atoms with van der Waals surface area (Å²) in [5.41, 5.74) is 1.30. The van der Waals surface area contributed by atoms with E-state index in [1.165, 1.54) is 5.57 Å². The van der Waals surface area contributed by atoms with E-state index in [4.69, 9.17) is 0 Å². The summed E-state index contributed by atoms with van der Waals surface area (Å²) in [4.78, 5) is 0. The van der Waals surface area contributed by atoms with Gasteiger partial charge >= 0.3 is 0 Å². The summed E-state index contributed by atoms with van der Waals surface area (Å²) >= 11 is 0. The van der Waals surface area contributed by atoms with Crippen LogP contribution in [0.5, 0.6) is 0 Å². The van der Waals surface area contributed by atoms with Crippen molar-refractivity contribution in [1.29, 1.82) is 0 Å². The standard InChI is InChI=1S/C8H14N2.C2H6/c1-5-7(2)8(3)6-10-9-4;1-2/h5-6,8H,4H2,1-3H3;1-2H3/b7-5-,10-6-;. The van der Waals surface area contributed by atoms with Gasteiger partial charge in [-0.3, -0.25) is 0 Å². The molecular weight excluding hydrogens is 148 g/mol. The van der Waals surface area contributed by atoms with E-state index < -0.39 is 0 Å². The fourth-order valence-corrected chi connectivity index (χ4v) is 0.528. The highest BCUT2D eigenvalue weighted by Crippen LogP contribution is 2.05. The minimum absolute atomic E-state index is 0.371. The number of rotatable bonds is 3. The Labute approximate surface area is 76.1 Å². The lowest BCUT2D eigenvalue weighted by Crippen LogP contribution is -1.96. The van der Waals surface area contributed by atoms with Crippen LogP contribution in [0.1, 0.15) is 34.6 Å². The third kappa shape index (κ3) is 7.19. The molecule has 0 amide bonds. The minimum Gasteiger partial charge on any atom is -0.167 e. The van der Waals surface area contributed by atoms with Crippen molar-refractivity contribution in [1.82, 2.24) is 0 Å². The van der Waals surface area contributed by atoms with Crippen molar-refractivity contribution in [2.24, 2.45) is 16.1 Å². The fourth-order valence-electron chi connectivity index (χ4n) is 0.528. The minimum atomic E-state index is 0.371. The molecule has 0 spiro atoms. The fraction of sp³-hybridized carbons (Fsp3) is 0.600. The van der Waals surface area contributed by atoms with Crippen LogP contribution < -0.4 is 0 Å². The molecule has 1 atom stereocenters. The van der Waals surface area contributed by atoms with E-state index in [-0.39, 0.29) is 0 Å². The summed E-state index contributed by atoms with van der Waals surface area (Å²) in [6.45, 7) is 13.4. The lowest BCUT2D eigenvalue weighted by Gasteiger charge is -2.02. The monoisotopic (exact) mass is 168 g/mol. The van der Waals surface area contributed by atoms with E-state index in [0.717, 1.165) is 0 Å². The molecule has 70 valence electrons. The molecule has 0 aliphatic heterocycles. The first-order chi connectivity index (χ1) is 5.72. The molecule has 12 heavy (non-hydrogen) atoms. The molecule has 0 N–H and O–H groups in total. The number of allylic oxidation sites excluding steroid dienone is 2. The Morgan fingerprint density at radius 1 is 1.42 bits per heavy atom. The van der Waals surface area contributed by atoms with Crippen LogP contribution in [-0.4, -0.2) is 12.9 Å². The summed E-state index contributed by atoms with van der Waals surface area (Å²) in [5, 5.41) is 7.07. The molecule has 0 fully saturated rings. The van der Waals surface area contributed by atoms with Crippen LogP contribution in [0, 0.1) is 5.92 Å². The third-order valence-corrected chi connectivity index (χ3v) is 1.55. The lowest BCUT2D eigenvalue weighted by atomic mass is 10.1. The van der Waals surface area contributed by atoms with E-state index in [2.05, 4.69) is 36.8 Å². The van der Waals surface area contributed by atoms with Gasteiger partial charge in [-0.15, -0.1) is 0 Å². The van der Waals surface area contributed by atoms with Gasteiger partial charge in [0.05, 0.1) is 0 Å². The van der Waals surface area contributed by atoms with Gasteiger partial charge in [0.15, 0.2) is 0 Å². The zero-order valence-corrected chi connectivity index (χ0v) is 8.83. The van der Waals surface area contributed by atoms with E-state index in [1.54, 1.807) is 6.21 Å². The van der Waals surface area contributed by atoms with Crippen LogP contribution in [0.25, 0.3) is 0 Å². The van der Waals surface area contributed by atoms with Gasteiger partial charge in [0.2, 0.25) is 0 Å². The highest BCUT2D eigenvalue weighted by Gasteiger charge is 1.96. The Kier molecular flexibility index (Phi) is 11.5. The molecule has 0 aromatic heterocycles. The van der Waals surface area contributed by atoms with Crippen molar-refractivity contribution < 1.29 is 0 Å². The normalized spacial score (nSPS) is 13.6. The maximum absolute atomic E-state index is 3.69. The quantitative estimate of drug-likeness (QED) is 0.351. The molecule has 2 heteroatoms. The first-order valence-corrected chi connectivity index (χ1v) is 4.34. The van der Waals surface area contributed by atoms with Crippen LogP contribution in [-0.2, 0) is 0 Å². The summed E-state index contributed by atoms with van der Waals surface area (Å²) in [6, 6.07) is 0. The summed E-state index contributed by atoms with van der Waals surface area (Å²) in [6.07, 6.45) is 3.85. The Morgan fingerprint density at radius 2 is 1.92 bits per heavy atom. The van der Waals surface area contributed by atoms with E-state index in [0.29, 0.717) is 5.92 Å².